The van der Waals surface area contributed by atoms with Crippen LogP contribution in [-0.4, -0.2) is 73.7 Å². The van der Waals surface area contributed by atoms with Crippen LogP contribution in [0, 0.1) is 0 Å². The van der Waals surface area contributed by atoms with Gasteiger partial charge in [0, 0.05) is 27.7 Å². The number of unbranched alkanes of at least 4 members (excludes halogenated alkanes) is 16. The molecule has 0 saturated heterocycles. The van der Waals surface area contributed by atoms with Crippen molar-refractivity contribution in [3.8, 4) is 0 Å². The maximum absolute atomic E-state index is 12.1. The predicted octanol–water partition coefficient (Wildman–Crippen LogP) is 9.36. The average molecular weight is 635 g/mol. The largest absolute Gasteiger partial charge is 0.392 e. The van der Waals surface area contributed by atoms with Crippen LogP contribution in [0.15, 0.2) is 30.3 Å². The van der Waals surface area contributed by atoms with Gasteiger partial charge in [-0.1, -0.05) is 150 Å². The zero-order valence-electron chi connectivity index (χ0n) is 31.5. The van der Waals surface area contributed by atoms with E-state index in [1.807, 2.05) is 14.1 Å². The summed E-state index contributed by atoms with van der Waals surface area (Å²) >= 11 is 0. The van der Waals surface area contributed by atoms with Gasteiger partial charge < -0.3 is 25.5 Å². The van der Waals surface area contributed by atoms with E-state index in [9.17, 15) is 9.90 Å². The Morgan fingerprint density at radius 3 is 1.71 bits per heavy atom. The van der Waals surface area contributed by atoms with Crippen molar-refractivity contribution in [2.45, 2.75) is 174 Å². The highest BCUT2D eigenvalue weighted by atomic mass is 16.3. The average Bonchev–Trinajstić information content (AvgIpc) is 3.03. The van der Waals surface area contributed by atoms with E-state index in [4.69, 9.17) is 0 Å². The van der Waals surface area contributed by atoms with Gasteiger partial charge in [-0.25, -0.2) is 0 Å². The Hall–Kier alpha value is -1.75. The van der Waals surface area contributed by atoms with E-state index >= 15 is 0 Å². The second-order valence-corrected chi connectivity index (χ2v) is 13.2. The van der Waals surface area contributed by atoms with Crippen LogP contribution < -0.4 is 10.6 Å². The van der Waals surface area contributed by atoms with Crippen molar-refractivity contribution in [3.63, 3.8) is 0 Å². The lowest BCUT2D eigenvalue weighted by Crippen LogP contribution is -2.60. The summed E-state index contributed by atoms with van der Waals surface area (Å²) in [5, 5.41) is 16.4. The van der Waals surface area contributed by atoms with Crippen molar-refractivity contribution in [1.82, 2.24) is 20.4 Å². The van der Waals surface area contributed by atoms with Crippen molar-refractivity contribution >= 4 is 5.91 Å². The summed E-state index contributed by atoms with van der Waals surface area (Å²) in [5.41, 5.74) is 4.02. The van der Waals surface area contributed by atoms with Crippen LogP contribution in [0.25, 0.3) is 0 Å². The summed E-state index contributed by atoms with van der Waals surface area (Å²) in [4.78, 5) is 16.5. The summed E-state index contributed by atoms with van der Waals surface area (Å²) in [6.45, 7) is 17.0. The molecular weight excluding hydrogens is 556 g/mol. The number of carbonyl (C=O) groups is 1. The van der Waals surface area contributed by atoms with Gasteiger partial charge in [0.15, 0.2) is 0 Å². The first-order valence-electron chi connectivity index (χ1n) is 18.7. The molecule has 0 bridgehead atoms. The van der Waals surface area contributed by atoms with E-state index in [1.165, 1.54) is 116 Å². The van der Waals surface area contributed by atoms with Gasteiger partial charge in [0.05, 0.1) is 17.3 Å². The van der Waals surface area contributed by atoms with Crippen molar-refractivity contribution in [1.29, 1.82) is 0 Å². The molecule has 45 heavy (non-hydrogen) atoms. The first-order chi connectivity index (χ1) is 21.6. The molecule has 0 aromatic heterocycles. The van der Waals surface area contributed by atoms with Gasteiger partial charge in [-0.2, -0.15) is 0 Å². The number of carbonyl (C=O) groups excluding carboxylic acids is 1. The summed E-state index contributed by atoms with van der Waals surface area (Å²) in [6.07, 6.45) is 26.8. The molecule has 1 aliphatic heterocycles. The van der Waals surface area contributed by atoms with Gasteiger partial charge >= 0.3 is 0 Å². The minimum Gasteiger partial charge on any atom is -0.392 e. The van der Waals surface area contributed by atoms with Crippen molar-refractivity contribution < 1.29 is 9.90 Å². The molecule has 0 spiro atoms. The lowest BCUT2D eigenvalue weighted by atomic mass is 9.80. The van der Waals surface area contributed by atoms with Crippen molar-refractivity contribution in [3.05, 3.63) is 30.3 Å². The Bertz CT molecular complexity index is 760. The molecule has 0 saturated carbocycles. The monoisotopic (exact) mass is 635 g/mol. The number of nitrogens with one attached hydrogen (secondary N) is 2. The number of amides is 1. The second kappa shape index (κ2) is 30.9. The fourth-order valence-electron chi connectivity index (χ4n) is 5.99. The first kappa shape index (κ1) is 45.4. The number of likely N-dealkylation sites (N-methyl/N-ethyl adjacent to an activating group) is 4. The molecule has 2 atom stereocenters. The number of rotatable bonds is 26. The molecule has 1 rings (SSSR count). The Labute approximate surface area is 281 Å². The summed E-state index contributed by atoms with van der Waals surface area (Å²) in [7, 11) is 7.78. The minimum atomic E-state index is -0.183. The lowest BCUT2D eigenvalue weighted by Gasteiger charge is -2.52. The zero-order chi connectivity index (χ0) is 34.3. The van der Waals surface area contributed by atoms with Gasteiger partial charge in [0.2, 0.25) is 0 Å². The van der Waals surface area contributed by atoms with Crippen LogP contribution in [0.3, 0.4) is 0 Å². The Morgan fingerprint density at radius 1 is 0.822 bits per heavy atom. The summed E-state index contributed by atoms with van der Waals surface area (Å²) < 4.78 is 0. The van der Waals surface area contributed by atoms with Crippen LogP contribution in [0.2, 0.25) is 0 Å². The first-order valence-corrected chi connectivity index (χ1v) is 18.7. The smallest absolute Gasteiger partial charge is 0.269 e. The Balaban J connectivity index is 0. The number of hydrogen-bond donors (Lipinski definition) is 3. The summed E-state index contributed by atoms with van der Waals surface area (Å²) in [5.74, 6) is -0.0137. The quantitative estimate of drug-likeness (QED) is 0.0653. The highest BCUT2D eigenvalue weighted by Crippen LogP contribution is 2.41. The molecule has 0 aromatic rings. The third kappa shape index (κ3) is 21.6. The second-order valence-electron chi connectivity index (χ2n) is 13.2. The highest BCUT2D eigenvalue weighted by molar-refractivity contribution is 5.95. The molecule has 266 valence electrons. The molecule has 1 amide bonds. The molecule has 0 aliphatic carbocycles. The standard InChI is InChI=1S/C32H64N4O2.C4H10.C3H4/c1-7-8-9-10-11-12-13-17-20-23-26-35(5)27-28(37)24-21-18-15-14-16-19-22-25-32(2)30(33-3)29(36(32)6)31(38)34-4;1-3-4-2;1-3-2/h28,33,37H,7-27H2,1-6H3,(H,34,38);3-4H2,1-2H3;1-2H2. The molecule has 1 heterocycles. The number of nitrogens with zero attached hydrogens (tertiary/aromatic N) is 2. The molecule has 6 heteroatoms. The van der Waals surface area contributed by atoms with Crippen LogP contribution in [0.1, 0.15) is 163 Å². The Morgan fingerprint density at radius 2 is 1.27 bits per heavy atom. The third-order valence-corrected chi connectivity index (χ3v) is 9.16. The van der Waals surface area contributed by atoms with E-state index in [0.29, 0.717) is 0 Å². The van der Waals surface area contributed by atoms with Gasteiger partial charge in [-0.15, -0.1) is 5.73 Å². The van der Waals surface area contributed by atoms with Gasteiger partial charge in [0.25, 0.3) is 5.91 Å². The van der Waals surface area contributed by atoms with E-state index in [-0.39, 0.29) is 17.6 Å². The van der Waals surface area contributed by atoms with Crippen molar-refractivity contribution in [2.75, 3.05) is 41.3 Å². The van der Waals surface area contributed by atoms with Gasteiger partial charge in [0.1, 0.15) is 5.70 Å². The molecule has 2 unspecified atom stereocenters. The molecule has 6 nitrogen and oxygen atoms in total. The molecule has 3 N–H and O–H groups in total. The summed E-state index contributed by atoms with van der Waals surface area (Å²) in [6, 6.07) is 0. The molecular formula is C39H78N4O2. The fourth-order valence-corrected chi connectivity index (χ4v) is 5.99. The molecule has 1 aliphatic rings. The van der Waals surface area contributed by atoms with Crippen LogP contribution >= 0.6 is 0 Å². The number of hydrogen-bond acceptors (Lipinski definition) is 5. The Kier molecular flexibility index (Phi) is 31.1. The SMILES string of the molecule is C=C=C.CCCC.CCCCCCCCCCCCN(C)CC(O)CCCCCCCCCC1(C)C(NC)=C(C(=O)NC)N1C. The topological polar surface area (TPSA) is 67.8 Å². The molecule has 0 radical (unpaired) electrons. The maximum atomic E-state index is 12.1. The lowest BCUT2D eigenvalue weighted by molar-refractivity contribution is -0.120. The number of aliphatic hydroxyl groups excluding tert-OH is 1. The van der Waals surface area contributed by atoms with Gasteiger partial charge in [-0.3, -0.25) is 4.79 Å². The van der Waals surface area contributed by atoms with Crippen LogP contribution in [-0.2, 0) is 4.79 Å². The maximum Gasteiger partial charge on any atom is 0.269 e. The zero-order valence-corrected chi connectivity index (χ0v) is 31.5. The third-order valence-electron chi connectivity index (χ3n) is 9.16. The number of aliphatic hydroxyl groups is 1. The molecule has 0 fully saturated rings. The van der Waals surface area contributed by atoms with Crippen molar-refractivity contribution in [2.24, 2.45) is 0 Å². The van der Waals surface area contributed by atoms with Crippen LogP contribution in [0.4, 0.5) is 0 Å². The van der Waals surface area contributed by atoms with Crippen LogP contribution in [0.5, 0.6) is 0 Å². The molecule has 0 aromatic carbocycles. The van der Waals surface area contributed by atoms with E-state index in [2.05, 4.69) is 74.1 Å². The minimum absolute atomic E-state index is 0.0137. The van der Waals surface area contributed by atoms with E-state index in [1.54, 1.807) is 7.05 Å². The van der Waals surface area contributed by atoms with E-state index in [0.717, 1.165) is 43.7 Å². The normalized spacial score (nSPS) is 16.2. The fraction of sp³-hybridized carbons (Fsp3) is 0.846. The van der Waals surface area contributed by atoms with E-state index < -0.39 is 0 Å². The van der Waals surface area contributed by atoms with Gasteiger partial charge in [-0.05, 0) is 39.8 Å². The highest BCUT2D eigenvalue weighted by Gasteiger charge is 2.47. The predicted molar refractivity (Wildman–Crippen MR) is 199 cm³/mol.